The molecule has 0 unspecified atom stereocenters. The Balaban J connectivity index is 1.71. The van der Waals surface area contributed by atoms with E-state index in [0.29, 0.717) is 12.5 Å². The fourth-order valence-corrected chi connectivity index (χ4v) is 2.23. The summed E-state index contributed by atoms with van der Waals surface area (Å²) in [6.45, 7) is 5.47. The van der Waals surface area contributed by atoms with Crippen molar-refractivity contribution in [1.82, 2.24) is 15.1 Å². The topological polar surface area (TPSA) is 35.6 Å². The van der Waals surface area contributed by atoms with Gasteiger partial charge in [-0.2, -0.15) is 0 Å². The summed E-state index contributed by atoms with van der Waals surface area (Å²) < 4.78 is 0. The molecule has 4 heteroatoms. The van der Waals surface area contributed by atoms with Crippen molar-refractivity contribution in [2.75, 3.05) is 46.3 Å². The number of rotatable bonds is 4. The van der Waals surface area contributed by atoms with Gasteiger partial charge < -0.3 is 10.2 Å². The van der Waals surface area contributed by atoms with E-state index in [0.717, 1.165) is 45.1 Å². The van der Waals surface area contributed by atoms with Crippen LogP contribution in [-0.4, -0.2) is 62.0 Å². The molecule has 0 spiro atoms. The van der Waals surface area contributed by atoms with Gasteiger partial charge in [0.15, 0.2) is 0 Å². The molecule has 1 saturated heterocycles. The Hall–Kier alpha value is -0.610. The maximum Gasteiger partial charge on any atom is 0.236 e. The van der Waals surface area contributed by atoms with Gasteiger partial charge in [0.2, 0.25) is 5.91 Å². The number of hydrogen-bond donors (Lipinski definition) is 1. The maximum atomic E-state index is 12.0. The fraction of sp³-hybridized carbons (Fsp3) is 0.917. The van der Waals surface area contributed by atoms with Gasteiger partial charge in [-0.05, 0) is 38.8 Å². The quantitative estimate of drug-likeness (QED) is 0.740. The molecule has 0 aromatic heterocycles. The number of nitrogens with zero attached hydrogens (tertiary/aromatic N) is 2. The van der Waals surface area contributed by atoms with E-state index in [1.54, 1.807) is 0 Å². The number of likely N-dealkylation sites (N-methyl/N-ethyl adjacent to an activating group) is 1. The van der Waals surface area contributed by atoms with Gasteiger partial charge >= 0.3 is 0 Å². The van der Waals surface area contributed by atoms with Gasteiger partial charge in [0.05, 0.1) is 6.54 Å². The molecule has 0 aromatic rings. The average molecular weight is 225 g/mol. The second-order valence-corrected chi connectivity index (χ2v) is 5.12. The van der Waals surface area contributed by atoms with Crippen molar-refractivity contribution in [3.8, 4) is 0 Å². The normalized spacial score (nSPS) is 22.2. The van der Waals surface area contributed by atoms with Crippen LogP contribution in [0.15, 0.2) is 0 Å². The van der Waals surface area contributed by atoms with Crippen molar-refractivity contribution in [2.45, 2.75) is 19.3 Å². The zero-order chi connectivity index (χ0) is 11.4. The summed E-state index contributed by atoms with van der Waals surface area (Å²) in [6, 6.07) is 0. The molecule has 2 fully saturated rings. The zero-order valence-electron chi connectivity index (χ0n) is 10.2. The van der Waals surface area contributed by atoms with Crippen molar-refractivity contribution < 1.29 is 4.79 Å². The van der Waals surface area contributed by atoms with Crippen molar-refractivity contribution >= 4 is 5.91 Å². The molecule has 4 nitrogen and oxygen atoms in total. The van der Waals surface area contributed by atoms with Crippen molar-refractivity contribution in [3.05, 3.63) is 0 Å². The van der Waals surface area contributed by atoms with E-state index in [2.05, 4.69) is 17.3 Å². The SMILES string of the molecule is CN(CC(=O)N1CCCNCC1)CC1CC1. The summed E-state index contributed by atoms with van der Waals surface area (Å²) in [5, 5.41) is 3.32. The Morgan fingerprint density at radius 1 is 1.38 bits per heavy atom. The molecule has 2 aliphatic rings. The lowest BCUT2D eigenvalue weighted by Crippen LogP contribution is -2.41. The van der Waals surface area contributed by atoms with Crippen LogP contribution < -0.4 is 5.32 Å². The first-order chi connectivity index (χ1) is 7.75. The first kappa shape index (κ1) is 11.9. The number of amides is 1. The summed E-state index contributed by atoms with van der Waals surface area (Å²) in [5.41, 5.74) is 0. The number of carbonyl (C=O) groups excluding carboxylic acids is 1. The van der Waals surface area contributed by atoms with Crippen LogP contribution in [0.25, 0.3) is 0 Å². The van der Waals surface area contributed by atoms with Crippen LogP contribution in [0.3, 0.4) is 0 Å². The number of nitrogens with one attached hydrogen (secondary N) is 1. The molecule has 0 aromatic carbocycles. The van der Waals surface area contributed by atoms with Crippen LogP contribution in [0, 0.1) is 5.92 Å². The van der Waals surface area contributed by atoms with Crippen molar-refractivity contribution in [2.24, 2.45) is 5.92 Å². The minimum absolute atomic E-state index is 0.298. The van der Waals surface area contributed by atoms with Gasteiger partial charge in [0.1, 0.15) is 0 Å². The van der Waals surface area contributed by atoms with Crippen LogP contribution in [0.2, 0.25) is 0 Å². The number of carbonyl (C=O) groups is 1. The average Bonchev–Trinajstić information content (AvgIpc) is 3.02. The van der Waals surface area contributed by atoms with E-state index in [1.165, 1.54) is 12.8 Å². The largest absolute Gasteiger partial charge is 0.340 e. The summed E-state index contributed by atoms with van der Waals surface area (Å²) in [5.74, 6) is 1.16. The molecule has 1 amide bonds. The Kier molecular flexibility index (Phi) is 4.18. The lowest BCUT2D eigenvalue weighted by atomic mass is 10.3. The third-order valence-corrected chi connectivity index (χ3v) is 3.36. The van der Waals surface area contributed by atoms with E-state index < -0.39 is 0 Å². The van der Waals surface area contributed by atoms with E-state index in [4.69, 9.17) is 0 Å². The maximum absolute atomic E-state index is 12.0. The van der Waals surface area contributed by atoms with Gasteiger partial charge in [-0.1, -0.05) is 0 Å². The minimum atomic E-state index is 0.298. The minimum Gasteiger partial charge on any atom is -0.340 e. The summed E-state index contributed by atoms with van der Waals surface area (Å²) in [7, 11) is 2.06. The third-order valence-electron chi connectivity index (χ3n) is 3.36. The molecular weight excluding hydrogens is 202 g/mol. The highest BCUT2D eigenvalue weighted by molar-refractivity contribution is 5.78. The molecule has 1 aliphatic carbocycles. The van der Waals surface area contributed by atoms with Gasteiger partial charge in [-0.3, -0.25) is 9.69 Å². The molecule has 1 aliphatic heterocycles. The van der Waals surface area contributed by atoms with Crippen molar-refractivity contribution in [3.63, 3.8) is 0 Å². The van der Waals surface area contributed by atoms with Crippen LogP contribution in [0.1, 0.15) is 19.3 Å². The molecule has 2 rings (SSSR count). The van der Waals surface area contributed by atoms with Crippen LogP contribution >= 0.6 is 0 Å². The first-order valence-corrected chi connectivity index (χ1v) is 6.43. The lowest BCUT2D eigenvalue weighted by Gasteiger charge is -2.23. The molecule has 1 saturated carbocycles. The highest BCUT2D eigenvalue weighted by Crippen LogP contribution is 2.29. The van der Waals surface area contributed by atoms with Crippen molar-refractivity contribution in [1.29, 1.82) is 0 Å². The lowest BCUT2D eigenvalue weighted by molar-refractivity contribution is -0.131. The van der Waals surface area contributed by atoms with Crippen LogP contribution in [0.5, 0.6) is 0 Å². The summed E-state index contributed by atoms with van der Waals surface area (Å²) in [4.78, 5) is 16.2. The predicted molar refractivity (Wildman–Crippen MR) is 64.3 cm³/mol. The smallest absolute Gasteiger partial charge is 0.236 e. The molecule has 92 valence electrons. The van der Waals surface area contributed by atoms with E-state index >= 15 is 0 Å². The summed E-state index contributed by atoms with van der Waals surface area (Å²) >= 11 is 0. The van der Waals surface area contributed by atoms with E-state index in [9.17, 15) is 4.79 Å². The Morgan fingerprint density at radius 3 is 2.94 bits per heavy atom. The molecule has 16 heavy (non-hydrogen) atoms. The highest BCUT2D eigenvalue weighted by Gasteiger charge is 2.24. The van der Waals surface area contributed by atoms with Crippen LogP contribution in [-0.2, 0) is 4.79 Å². The van der Waals surface area contributed by atoms with Gasteiger partial charge in [-0.15, -0.1) is 0 Å². The Labute approximate surface area is 98.0 Å². The predicted octanol–water partition coefficient (Wildman–Crippen LogP) is 0.150. The zero-order valence-corrected chi connectivity index (χ0v) is 10.2. The third kappa shape index (κ3) is 3.76. The van der Waals surface area contributed by atoms with Gasteiger partial charge in [0, 0.05) is 26.2 Å². The molecular formula is C12H23N3O. The van der Waals surface area contributed by atoms with E-state index in [1.807, 2.05) is 4.90 Å². The standard InChI is InChI=1S/C12H23N3O/c1-14(9-11-3-4-11)10-12(16)15-7-2-5-13-6-8-15/h11,13H,2-10H2,1H3. The number of hydrogen-bond acceptors (Lipinski definition) is 3. The van der Waals surface area contributed by atoms with Gasteiger partial charge in [0.25, 0.3) is 0 Å². The van der Waals surface area contributed by atoms with E-state index in [-0.39, 0.29) is 0 Å². The first-order valence-electron chi connectivity index (χ1n) is 6.43. The molecule has 0 bridgehead atoms. The van der Waals surface area contributed by atoms with Gasteiger partial charge in [-0.25, -0.2) is 0 Å². The Bertz CT molecular complexity index is 232. The molecule has 0 radical (unpaired) electrons. The highest BCUT2D eigenvalue weighted by atomic mass is 16.2. The van der Waals surface area contributed by atoms with Crippen LogP contribution in [0.4, 0.5) is 0 Å². The molecule has 0 atom stereocenters. The molecule has 1 heterocycles. The second-order valence-electron chi connectivity index (χ2n) is 5.12. The Morgan fingerprint density at radius 2 is 2.19 bits per heavy atom. The fourth-order valence-electron chi connectivity index (χ4n) is 2.23. The monoisotopic (exact) mass is 225 g/mol. The second kappa shape index (κ2) is 5.64. The molecule has 1 N–H and O–H groups in total. The summed E-state index contributed by atoms with van der Waals surface area (Å²) in [6.07, 6.45) is 3.79.